The third-order valence-corrected chi connectivity index (χ3v) is 7.19. The van der Waals surface area contributed by atoms with Crippen LogP contribution in [0, 0.1) is 29.1 Å². The number of hydrogen-bond donors (Lipinski definition) is 1. The van der Waals surface area contributed by atoms with Gasteiger partial charge in [-0.05, 0) is 81.0 Å². The van der Waals surface area contributed by atoms with E-state index in [0.717, 1.165) is 30.6 Å². The van der Waals surface area contributed by atoms with Crippen molar-refractivity contribution in [3.8, 4) is 0 Å². The molecule has 5 saturated carbocycles. The van der Waals surface area contributed by atoms with Gasteiger partial charge in [0.15, 0.2) is 0 Å². The van der Waals surface area contributed by atoms with Gasteiger partial charge in [0.05, 0.1) is 0 Å². The molecule has 4 bridgehead atoms. The fraction of sp³-hybridized carbons (Fsp3) is 0.947. The van der Waals surface area contributed by atoms with Gasteiger partial charge in [-0.3, -0.25) is 4.79 Å². The molecule has 0 aromatic heterocycles. The first-order valence-corrected chi connectivity index (χ1v) is 9.49. The van der Waals surface area contributed by atoms with Gasteiger partial charge >= 0.3 is 0 Å². The average molecular weight is 289 g/mol. The van der Waals surface area contributed by atoms with Crippen LogP contribution in [0.2, 0.25) is 0 Å². The van der Waals surface area contributed by atoms with Crippen molar-refractivity contribution >= 4 is 5.91 Å². The number of carbonyl (C=O) groups excluding carboxylic acids is 1. The highest BCUT2D eigenvalue weighted by Gasteiger charge is 2.54. The molecule has 21 heavy (non-hydrogen) atoms. The molecule has 5 rings (SSSR count). The van der Waals surface area contributed by atoms with Crippen LogP contribution in [0.5, 0.6) is 0 Å². The topological polar surface area (TPSA) is 29.1 Å². The molecule has 1 amide bonds. The van der Waals surface area contributed by atoms with Crippen LogP contribution in [0.4, 0.5) is 0 Å². The molecule has 0 heterocycles. The van der Waals surface area contributed by atoms with Crippen molar-refractivity contribution in [2.24, 2.45) is 29.1 Å². The second kappa shape index (κ2) is 5.28. The van der Waals surface area contributed by atoms with Crippen LogP contribution in [0.15, 0.2) is 0 Å². The minimum atomic E-state index is 0.346. The number of nitrogens with one attached hydrogen (secondary N) is 1. The Morgan fingerprint density at radius 2 is 1.67 bits per heavy atom. The summed E-state index contributed by atoms with van der Waals surface area (Å²) in [5.74, 6) is 3.68. The van der Waals surface area contributed by atoms with E-state index in [2.05, 4.69) is 12.2 Å². The summed E-state index contributed by atoms with van der Waals surface area (Å²) in [6.07, 6.45) is 14.6. The average Bonchev–Trinajstić information content (AvgIpc) is 2.34. The van der Waals surface area contributed by atoms with Crippen molar-refractivity contribution in [1.29, 1.82) is 0 Å². The third-order valence-electron chi connectivity index (χ3n) is 7.19. The molecule has 5 aliphatic rings. The van der Waals surface area contributed by atoms with Crippen molar-refractivity contribution in [3.05, 3.63) is 0 Å². The molecule has 118 valence electrons. The molecule has 0 saturated heterocycles. The maximum atomic E-state index is 12.5. The first-order valence-electron chi connectivity index (χ1n) is 9.49. The smallest absolute Gasteiger partial charge is 0.223 e. The zero-order valence-electron chi connectivity index (χ0n) is 13.6. The molecule has 0 unspecified atom stereocenters. The maximum absolute atomic E-state index is 12.5. The minimum Gasteiger partial charge on any atom is -0.353 e. The van der Waals surface area contributed by atoms with E-state index in [4.69, 9.17) is 0 Å². The fourth-order valence-corrected chi connectivity index (χ4v) is 6.38. The zero-order chi connectivity index (χ0) is 14.4. The van der Waals surface area contributed by atoms with Gasteiger partial charge in [-0.25, -0.2) is 0 Å². The Labute approximate surface area is 129 Å². The van der Waals surface area contributed by atoms with Crippen molar-refractivity contribution in [3.63, 3.8) is 0 Å². The van der Waals surface area contributed by atoms with Gasteiger partial charge in [0, 0.05) is 12.0 Å². The molecule has 5 aliphatic carbocycles. The van der Waals surface area contributed by atoms with Crippen LogP contribution in [-0.4, -0.2) is 11.9 Å². The van der Waals surface area contributed by atoms with Crippen LogP contribution in [0.3, 0.4) is 0 Å². The Balaban J connectivity index is 1.51. The van der Waals surface area contributed by atoms with Crippen LogP contribution in [-0.2, 0) is 4.79 Å². The van der Waals surface area contributed by atoms with Gasteiger partial charge in [-0.1, -0.05) is 19.8 Å². The Bertz CT molecular complexity index is 377. The summed E-state index contributed by atoms with van der Waals surface area (Å²) in [5, 5.41) is 3.54. The highest BCUT2D eigenvalue weighted by Crippen LogP contribution is 2.61. The largest absolute Gasteiger partial charge is 0.353 e. The predicted molar refractivity (Wildman–Crippen MR) is 84.8 cm³/mol. The van der Waals surface area contributed by atoms with Gasteiger partial charge in [0.25, 0.3) is 0 Å². The lowest BCUT2D eigenvalue weighted by Gasteiger charge is -2.59. The summed E-state index contributed by atoms with van der Waals surface area (Å²) in [6, 6.07) is 0.476. The molecule has 2 nitrogen and oxygen atoms in total. The van der Waals surface area contributed by atoms with E-state index in [1.165, 1.54) is 57.8 Å². The lowest BCUT2D eigenvalue weighted by atomic mass is 9.47. The van der Waals surface area contributed by atoms with Gasteiger partial charge in [0.1, 0.15) is 0 Å². The SMILES string of the molecule is CCC[C@@H](NC(=O)C1CCC1)C12CC3CC(CC(C3)C1)C2. The van der Waals surface area contributed by atoms with E-state index in [0.29, 0.717) is 23.3 Å². The van der Waals surface area contributed by atoms with E-state index in [1.807, 2.05) is 0 Å². The lowest BCUT2D eigenvalue weighted by molar-refractivity contribution is -0.132. The molecular weight excluding hydrogens is 258 g/mol. The summed E-state index contributed by atoms with van der Waals surface area (Å²) in [5.41, 5.74) is 0.476. The van der Waals surface area contributed by atoms with Gasteiger partial charge in [0.2, 0.25) is 5.91 Å². The second-order valence-electron chi connectivity index (χ2n) is 8.76. The van der Waals surface area contributed by atoms with Gasteiger partial charge in [-0.15, -0.1) is 0 Å². The van der Waals surface area contributed by atoms with Crippen LogP contribution in [0.25, 0.3) is 0 Å². The molecule has 0 aliphatic heterocycles. The zero-order valence-corrected chi connectivity index (χ0v) is 13.6. The second-order valence-corrected chi connectivity index (χ2v) is 8.76. The van der Waals surface area contributed by atoms with Crippen LogP contribution < -0.4 is 5.32 Å². The molecule has 1 N–H and O–H groups in total. The molecule has 5 fully saturated rings. The van der Waals surface area contributed by atoms with E-state index in [1.54, 1.807) is 0 Å². The monoisotopic (exact) mass is 289 g/mol. The van der Waals surface area contributed by atoms with Gasteiger partial charge < -0.3 is 5.32 Å². The first-order chi connectivity index (χ1) is 10.2. The van der Waals surface area contributed by atoms with E-state index >= 15 is 0 Å². The summed E-state index contributed by atoms with van der Waals surface area (Å²) in [4.78, 5) is 12.5. The molecule has 2 heteroatoms. The molecular formula is C19H31NO. The maximum Gasteiger partial charge on any atom is 0.223 e. The highest BCUT2D eigenvalue weighted by atomic mass is 16.2. The molecule has 0 radical (unpaired) electrons. The summed E-state index contributed by atoms with van der Waals surface area (Å²) in [7, 11) is 0. The quantitative estimate of drug-likeness (QED) is 0.804. The molecule has 0 spiro atoms. The van der Waals surface area contributed by atoms with Crippen molar-refractivity contribution in [1.82, 2.24) is 5.32 Å². The van der Waals surface area contributed by atoms with E-state index in [9.17, 15) is 4.79 Å². The Morgan fingerprint density at radius 1 is 1.10 bits per heavy atom. The Hall–Kier alpha value is -0.530. The summed E-state index contributed by atoms with van der Waals surface area (Å²) < 4.78 is 0. The van der Waals surface area contributed by atoms with Crippen LogP contribution in [0.1, 0.15) is 77.6 Å². The lowest BCUT2D eigenvalue weighted by Crippen LogP contribution is -2.57. The Morgan fingerprint density at radius 3 is 2.10 bits per heavy atom. The normalized spacial score (nSPS) is 42.6. The third kappa shape index (κ3) is 2.43. The summed E-state index contributed by atoms with van der Waals surface area (Å²) in [6.45, 7) is 2.28. The molecule has 0 aromatic rings. The van der Waals surface area contributed by atoms with E-state index < -0.39 is 0 Å². The highest BCUT2D eigenvalue weighted by molar-refractivity contribution is 5.79. The predicted octanol–water partition coefficient (Wildman–Crippen LogP) is 4.29. The van der Waals surface area contributed by atoms with Crippen molar-refractivity contribution < 1.29 is 4.79 Å². The Kier molecular flexibility index (Phi) is 3.54. The fourth-order valence-electron chi connectivity index (χ4n) is 6.38. The van der Waals surface area contributed by atoms with Crippen molar-refractivity contribution in [2.75, 3.05) is 0 Å². The standard InChI is InChI=1S/C19H31NO/c1-2-4-17(20-18(21)16-5-3-6-16)19-10-13-7-14(11-19)9-15(8-13)12-19/h13-17H,2-12H2,1H3,(H,20,21)/t13?,14?,15?,17-,19?/m1/s1. The molecule has 1 atom stereocenters. The summed E-state index contributed by atoms with van der Waals surface area (Å²) >= 11 is 0. The number of carbonyl (C=O) groups is 1. The molecule has 0 aromatic carbocycles. The van der Waals surface area contributed by atoms with Gasteiger partial charge in [-0.2, -0.15) is 0 Å². The van der Waals surface area contributed by atoms with Crippen LogP contribution >= 0.6 is 0 Å². The number of amides is 1. The van der Waals surface area contributed by atoms with E-state index in [-0.39, 0.29) is 0 Å². The first kappa shape index (κ1) is 14.1. The minimum absolute atomic E-state index is 0.346. The number of hydrogen-bond acceptors (Lipinski definition) is 1. The van der Waals surface area contributed by atoms with Crippen molar-refractivity contribution in [2.45, 2.75) is 83.6 Å². The number of rotatable bonds is 5.